The highest BCUT2D eigenvalue weighted by atomic mass is 16.5. The first-order chi connectivity index (χ1) is 8.47. The van der Waals surface area contributed by atoms with E-state index in [1.54, 1.807) is 0 Å². The summed E-state index contributed by atoms with van der Waals surface area (Å²) in [5, 5.41) is 7.49. The van der Waals surface area contributed by atoms with Crippen molar-refractivity contribution in [3.05, 3.63) is 11.7 Å². The zero-order valence-corrected chi connectivity index (χ0v) is 11.9. The number of rotatable bonds is 3. The number of nitrogens with one attached hydrogen (secondary N) is 1. The number of hydrogen-bond acceptors (Lipinski definition) is 5. The van der Waals surface area contributed by atoms with E-state index in [-0.39, 0.29) is 5.41 Å². The van der Waals surface area contributed by atoms with E-state index >= 15 is 0 Å². The minimum absolute atomic E-state index is 0.0732. The topological polar surface area (TPSA) is 54.2 Å². The van der Waals surface area contributed by atoms with Crippen molar-refractivity contribution in [2.24, 2.45) is 0 Å². The van der Waals surface area contributed by atoms with Crippen LogP contribution in [0.2, 0.25) is 0 Å². The van der Waals surface area contributed by atoms with Gasteiger partial charge in [0.1, 0.15) is 0 Å². The lowest BCUT2D eigenvalue weighted by Crippen LogP contribution is -2.43. The second kappa shape index (κ2) is 5.36. The number of aromatic nitrogens is 2. The van der Waals surface area contributed by atoms with Crippen LogP contribution >= 0.6 is 0 Å². The van der Waals surface area contributed by atoms with Crippen molar-refractivity contribution in [3.63, 3.8) is 0 Å². The highest BCUT2D eigenvalue weighted by Crippen LogP contribution is 2.20. The van der Waals surface area contributed by atoms with Crippen LogP contribution in [0.4, 0.5) is 0 Å². The molecule has 1 aromatic rings. The Morgan fingerprint density at radius 2 is 2.22 bits per heavy atom. The van der Waals surface area contributed by atoms with Crippen molar-refractivity contribution >= 4 is 0 Å². The van der Waals surface area contributed by atoms with Gasteiger partial charge in [-0.1, -0.05) is 25.9 Å². The Bertz CT molecular complexity index is 377. The van der Waals surface area contributed by atoms with Crippen LogP contribution in [0.3, 0.4) is 0 Å². The summed E-state index contributed by atoms with van der Waals surface area (Å²) in [5.74, 6) is 1.50. The van der Waals surface area contributed by atoms with Gasteiger partial charge in [-0.2, -0.15) is 4.98 Å². The molecule has 1 unspecified atom stereocenters. The van der Waals surface area contributed by atoms with E-state index in [1.807, 2.05) is 0 Å². The standard InChI is InChI=1S/C13H24N4O/c1-13(2,3)12-15-11(16-18-12)9-17(4)10-6-5-7-14-8-10/h10,14H,5-9H2,1-4H3. The third kappa shape index (κ3) is 3.29. The molecule has 5 nitrogen and oxygen atoms in total. The van der Waals surface area contributed by atoms with Gasteiger partial charge < -0.3 is 9.84 Å². The Labute approximate surface area is 109 Å². The summed E-state index contributed by atoms with van der Waals surface area (Å²) in [5.41, 5.74) is -0.0732. The Morgan fingerprint density at radius 3 is 2.78 bits per heavy atom. The molecule has 0 bridgehead atoms. The first-order valence-electron chi connectivity index (χ1n) is 6.71. The third-order valence-corrected chi connectivity index (χ3v) is 3.39. The van der Waals surface area contributed by atoms with Gasteiger partial charge in [0.15, 0.2) is 5.82 Å². The van der Waals surface area contributed by atoms with E-state index in [0.717, 1.165) is 25.5 Å². The largest absolute Gasteiger partial charge is 0.339 e. The molecule has 18 heavy (non-hydrogen) atoms. The van der Waals surface area contributed by atoms with Gasteiger partial charge in [0, 0.05) is 18.0 Å². The molecular weight excluding hydrogens is 228 g/mol. The van der Waals surface area contributed by atoms with Crippen molar-refractivity contribution in [1.29, 1.82) is 0 Å². The number of piperidine rings is 1. The summed E-state index contributed by atoms with van der Waals surface area (Å²) < 4.78 is 5.31. The van der Waals surface area contributed by atoms with Crippen LogP contribution in [0.5, 0.6) is 0 Å². The van der Waals surface area contributed by atoms with Gasteiger partial charge in [-0.25, -0.2) is 0 Å². The van der Waals surface area contributed by atoms with Gasteiger partial charge >= 0.3 is 0 Å². The Balaban J connectivity index is 1.94. The minimum Gasteiger partial charge on any atom is -0.339 e. The summed E-state index contributed by atoms with van der Waals surface area (Å²) in [4.78, 5) is 6.79. The van der Waals surface area contributed by atoms with Gasteiger partial charge in [0.25, 0.3) is 0 Å². The zero-order chi connectivity index (χ0) is 13.2. The fourth-order valence-electron chi connectivity index (χ4n) is 2.18. The quantitative estimate of drug-likeness (QED) is 0.884. The van der Waals surface area contributed by atoms with Crippen LogP contribution in [-0.4, -0.2) is 41.2 Å². The van der Waals surface area contributed by atoms with Crippen molar-refractivity contribution < 1.29 is 4.52 Å². The zero-order valence-electron chi connectivity index (χ0n) is 11.9. The normalized spacial score (nSPS) is 21.5. The smallest absolute Gasteiger partial charge is 0.232 e. The van der Waals surface area contributed by atoms with Gasteiger partial charge in [0.05, 0.1) is 6.54 Å². The van der Waals surface area contributed by atoms with E-state index in [4.69, 9.17) is 4.52 Å². The second-order valence-electron chi connectivity index (χ2n) is 6.18. The maximum absolute atomic E-state index is 5.31. The van der Waals surface area contributed by atoms with Gasteiger partial charge in [0.2, 0.25) is 5.89 Å². The maximum Gasteiger partial charge on any atom is 0.232 e. The number of nitrogens with zero attached hydrogens (tertiary/aromatic N) is 3. The average Bonchev–Trinajstić information content (AvgIpc) is 2.78. The van der Waals surface area contributed by atoms with Crippen molar-refractivity contribution in [2.75, 3.05) is 20.1 Å². The van der Waals surface area contributed by atoms with Gasteiger partial charge in [-0.15, -0.1) is 0 Å². The Morgan fingerprint density at radius 1 is 1.44 bits per heavy atom. The molecule has 1 aromatic heterocycles. The van der Waals surface area contributed by atoms with Crippen LogP contribution in [0.1, 0.15) is 45.3 Å². The van der Waals surface area contributed by atoms with E-state index in [9.17, 15) is 0 Å². The molecule has 5 heteroatoms. The molecular formula is C13H24N4O. The maximum atomic E-state index is 5.31. The predicted molar refractivity (Wildman–Crippen MR) is 70.4 cm³/mol. The summed E-state index contributed by atoms with van der Waals surface area (Å²) in [7, 11) is 2.13. The summed E-state index contributed by atoms with van der Waals surface area (Å²) >= 11 is 0. The molecule has 2 heterocycles. The molecule has 2 rings (SSSR count). The number of hydrogen-bond donors (Lipinski definition) is 1. The molecule has 1 atom stereocenters. The summed E-state index contributed by atoms with van der Waals surface area (Å²) in [6.07, 6.45) is 2.49. The fraction of sp³-hybridized carbons (Fsp3) is 0.846. The monoisotopic (exact) mass is 252 g/mol. The summed E-state index contributed by atoms with van der Waals surface area (Å²) in [6.45, 7) is 9.20. The van der Waals surface area contributed by atoms with Crippen molar-refractivity contribution in [2.45, 2.75) is 51.6 Å². The molecule has 1 N–H and O–H groups in total. The van der Waals surface area contributed by atoms with Crippen LogP contribution in [-0.2, 0) is 12.0 Å². The van der Waals surface area contributed by atoms with Crippen molar-refractivity contribution in [1.82, 2.24) is 20.4 Å². The summed E-state index contributed by atoms with van der Waals surface area (Å²) in [6, 6.07) is 0.579. The van der Waals surface area contributed by atoms with Crippen LogP contribution in [0.25, 0.3) is 0 Å². The fourth-order valence-corrected chi connectivity index (χ4v) is 2.18. The second-order valence-corrected chi connectivity index (χ2v) is 6.18. The highest BCUT2D eigenvalue weighted by molar-refractivity contribution is 4.98. The first-order valence-corrected chi connectivity index (χ1v) is 6.71. The van der Waals surface area contributed by atoms with Crippen molar-refractivity contribution in [3.8, 4) is 0 Å². The molecule has 0 aliphatic carbocycles. The molecule has 1 aliphatic heterocycles. The highest BCUT2D eigenvalue weighted by Gasteiger charge is 2.23. The molecule has 0 saturated carbocycles. The molecule has 102 valence electrons. The lowest BCUT2D eigenvalue weighted by Gasteiger charge is -2.30. The third-order valence-electron chi connectivity index (χ3n) is 3.39. The van der Waals surface area contributed by atoms with E-state index in [2.05, 4.69) is 48.2 Å². The van der Waals surface area contributed by atoms with Crippen LogP contribution < -0.4 is 5.32 Å². The molecule has 0 radical (unpaired) electrons. The van der Waals surface area contributed by atoms with E-state index in [0.29, 0.717) is 11.9 Å². The van der Waals surface area contributed by atoms with Crippen LogP contribution in [0.15, 0.2) is 4.52 Å². The van der Waals surface area contributed by atoms with E-state index < -0.39 is 0 Å². The Hall–Kier alpha value is -0.940. The average molecular weight is 252 g/mol. The predicted octanol–water partition coefficient (Wildman–Crippen LogP) is 1.55. The Kier molecular flexibility index (Phi) is 4.02. The molecule has 1 aliphatic rings. The first kappa shape index (κ1) is 13.5. The van der Waals surface area contributed by atoms with Gasteiger partial charge in [-0.05, 0) is 26.4 Å². The molecule has 0 spiro atoms. The SMILES string of the molecule is CN(Cc1noc(C(C)(C)C)n1)C1CCCNC1. The number of likely N-dealkylation sites (N-methyl/N-ethyl adjacent to an activating group) is 1. The lowest BCUT2D eigenvalue weighted by molar-refractivity contribution is 0.189. The molecule has 1 fully saturated rings. The van der Waals surface area contributed by atoms with E-state index in [1.165, 1.54) is 12.8 Å². The van der Waals surface area contributed by atoms with Crippen LogP contribution in [0, 0.1) is 0 Å². The molecule has 0 amide bonds. The molecule has 0 aromatic carbocycles. The minimum atomic E-state index is -0.0732. The van der Waals surface area contributed by atoms with Gasteiger partial charge in [-0.3, -0.25) is 4.90 Å². The molecule has 1 saturated heterocycles. The lowest BCUT2D eigenvalue weighted by atomic mass is 9.97.